The SMILES string of the molecule is CC1(C)[C@H](/C=C(\Cl)C(F)(F)F)[C@H]1C(=O)C#N. The number of alkyl halides is 3. The summed E-state index contributed by atoms with van der Waals surface area (Å²) in [5.74, 6) is -2.00. The summed E-state index contributed by atoms with van der Waals surface area (Å²) in [4.78, 5) is 11.1. The Morgan fingerprint density at radius 1 is 1.50 bits per heavy atom. The number of halogens is 4. The minimum atomic E-state index is -4.60. The van der Waals surface area contributed by atoms with Gasteiger partial charge >= 0.3 is 6.18 Å². The number of allylic oxidation sites excluding steroid dienone is 2. The van der Waals surface area contributed by atoms with Gasteiger partial charge in [0.05, 0.1) is 0 Å². The zero-order valence-corrected chi connectivity index (χ0v) is 9.36. The van der Waals surface area contributed by atoms with Gasteiger partial charge in [-0.3, -0.25) is 4.79 Å². The van der Waals surface area contributed by atoms with Gasteiger partial charge in [0.15, 0.2) is 0 Å². The Balaban J connectivity index is 2.88. The van der Waals surface area contributed by atoms with Gasteiger partial charge in [-0.15, -0.1) is 0 Å². The molecule has 0 bridgehead atoms. The van der Waals surface area contributed by atoms with Crippen LogP contribution in [0.25, 0.3) is 0 Å². The van der Waals surface area contributed by atoms with Crippen molar-refractivity contribution in [2.24, 2.45) is 17.3 Å². The fraction of sp³-hybridized carbons (Fsp3) is 0.600. The van der Waals surface area contributed by atoms with Crippen molar-refractivity contribution in [3.8, 4) is 6.07 Å². The average Bonchev–Trinajstić information content (AvgIpc) is 2.65. The normalized spacial score (nSPS) is 28.4. The zero-order chi connectivity index (χ0) is 12.7. The summed E-state index contributed by atoms with van der Waals surface area (Å²) in [5, 5.41) is 7.18. The Morgan fingerprint density at radius 2 is 2.00 bits per heavy atom. The molecule has 0 unspecified atom stereocenters. The van der Waals surface area contributed by atoms with E-state index in [2.05, 4.69) is 0 Å². The van der Waals surface area contributed by atoms with Crippen molar-refractivity contribution in [3.63, 3.8) is 0 Å². The molecule has 1 fully saturated rings. The number of ketones is 1. The Morgan fingerprint density at radius 3 is 2.38 bits per heavy atom. The molecule has 88 valence electrons. The monoisotopic (exact) mass is 251 g/mol. The number of nitriles is 1. The number of hydrogen-bond acceptors (Lipinski definition) is 2. The summed E-state index contributed by atoms with van der Waals surface area (Å²) in [6.45, 7) is 3.27. The molecule has 0 saturated heterocycles. The topological polar surface area (TPSA) is 40.9 Å². The summed E-state index contributed by atoms with van der Waals surface area (Å²) in [5.41, 5.74) is -0.627. The zero-order valence-electron chi connectivity index (χ0n) is 8.60. The maximum Gasteiger partial charge on any atom is 0.426 e. The van der Waals surface area contributed by atoms with E-state index in [9.17, 15) is 18.0 Å². The van der Waals surface area contributed by atoms with E-state index in [1.54, 1.807) is 13.8 Å². The lowest BCUT2D eigenvalue weighted by atomic mass is 10.1. The molecule has 0 aromatic rings. The molecule has 0 N–H and O–H groups in total. The van der Waals surface area contributed by atoms with Crippen LogP contribution in [0.3, 0.4) is 0 Å². The second-order valence-electron chi connectivity index (χ2n) is 4.31. The van der Waals surface area contributed by atoms with Crippen molar-refractivity contribution in [1.82, 2.24) is 0 Å². The third-order valence-electron chi connectivity index (χ3n) is 2.90. The van der Waals surface area contributed by atoms with E-state index in [0.717, 1.165) is 6.08 Å². The molecule has 0 aromatic heterocycles. The average molecular weight is 252 g/mol. The molecular formula is C10H9ClF3NO. The molecule has 2 atom stereocenters. The van der Waals surface area contributed by atoms with Gasteiger partial charge in [0.1, 0.15) is 11.1 Å². The van der Waals surface area contributed by atoms with E-state index in [1.807, 2.05) is 0 Å². The molecular weight excluding hydrogens is 243 g/mol. The van der Waals surface area contributed by atoms with Crippen LogP contribution in [-0.2, 0) is 4.79 Å². The lowest BCUT2D eigenvalue weighted by Gasteiger charge is -2.04. The van der Waals surface area contributed by atoms with Crippen LogP contribution in [0.5, 0.6) is 0 Å². The highest BCUT2D eigenvalue weighted by Crippen LogP contribution is 2.60. The molecule has 1 aliphatic carbocycles. The van der Waals surface area contributed by atoms with Crippen LogP contribution in [0, 0.1) is 28.6 Å². The summed E-state index contributed by atoms with van der Waals surface area (Å²) < 4.78 is 36.4. The largest absolute Gasteiger partial charge is 0.426 e. The van der Waals surface area contributed by atoms with Crippen molar-refractivity contribution in [3.05, 3.63) is 11.1 Å². The van der Waals surface area contributed by atoms with E-state index in [4.69, 9.17) is 16.9 Å². The van der Waals surface area contributed by atoms with Crippen molar-refractivity contribution >= 4 is 17.4 Å². The molecule has 0 heterocycles. The van der Waals surface area contributed by atoms with E-state index in [0.29, 0.717) is 0 Å². The summed E-state index contributed by atoms with van der Waals surface area (Å²) in [6, 6.07) is 1.43. The molecule has 2 nitrogen and oxygen atoms in total. The fourth-order valence-corrected chi connectivity index (χ4v) is 1.95. The van der Waals surface area contributed by atoms with Gasteiger partial charge in [0.25, 0.3) is 0 Å². The van der Waals surface area contributed by atoms with Gasteiger partial charge in [-0.05, 0) is 11.3 Å². The van der Waals surface area contributed by atoms with Crippen LogP contribution in [0.15, 0.2) is 11.1 Å². The van der Waals surface area contributed by atoms with E-state index < -0.39 is 34.2 Å². The molecule has 0 aliphatic heterocycles. The number of hydrogen-bond donors (Lipinski definition) is 0. The molecule has 1 saturated carbocycles. The van der Waals surface area contributed by atoms with Crippen molar-refractivity contribution < 1.29 is 18.0 Å². The van der Waals surface area contributed by atoms with E-state index in [-0.39, 0.29) is 0 Å². The van der Waals surface area contributed by atoms with Crippen molar-refractivity contribution in [1.29, 1.82) is 5.26 Å². The maximum atomic E-state index is 12.1. The quantitative estimate of drug-likeness (QED) is 0.708. The van der Waals surface area contributed by atoms with Crippen LogP contribution in [0.1, 0.15) is 13.8 Å². The Labute approximate surface area is 95.7 Å². The fourth-order valence-electron chi connectivity index (χ4n) is 1.81. The van der Waals surface area contributed by atoms with E-state index in [1.165, 1.54) is 6.07 Å². The van der Waals surface area contributed by atoms with Gasteiger partial charge in [-0.1, -0.05) is 31.5 Å². The molecule has 1 aliphatic rings. The predicted octanol–water partition coefficient (Wildman–Crippen LogP) is 3.04. The number of rotatable bonds is 2. The standard InChI is InChI=1S/C10H9ClF3NO/c1-9(2)5(8(9)6(16)4-15)3-7(11)10(12,13)14/h3,5,8H,1-2H3/b7-3-/t5-,8+/m1/s1. The first-order valence-corrected chi connectivity index (χ1v) is 4.88. The van der Waals surface area contributed by atoms with Gasteiger partial charge in [0, 0.05) is 5.92 Å². The second-order valence-corrected chi connectivity index (χ2v) is 4.72. The molecule has 0 radical (unpaired) electrons. The Kier molecular flexibility index (Phi) is 3.08. The summed E-state index contributed by atoms with van der Waals surface area (Å²) in [7, 11) is 0. The highest BCUT2D eigenvalue weighted by Gasteiger charge is 2.61. The van der Waals surface area contributed by atoms with Crippen LogP contribution in [0.2, 0.25) is 0 Å². The molecule has 0 spiro atoms. The first-order chi connectivity index (χ1) is 7.12. The van der Waals surface area contributed by atoms with Gasteiger partial charge in [-0.2, -0.15) is 18.4 Å². The highest BCUT2D eigenvalue weighted by molar-refractivity contribution is 6.30. The molecule has 6 heteroatoms. The molecule has 0 amide bonds. The number of carbonyl (C=O) groups excluding carboxylic acids is 1. The Hall–Kier alpha value is -1.02. The Bertz CT molecular complexity index is 392. The first-order valence-electron chi connectivity index (χ1n) is 4.51. The molecule has 16 heavy (non-hydrogen) atoms. The van der Waals surface area contributed by atoms with E-state index >= 15 is 0 Å². The van der Waals surface area contributed by atoms with Crippen LogP contribution >= 0.6 is 11.6 Å². The third kappa shape index (κ3) is 2.22. The molecule has 1 rings (SSSR count). The summed E-state index contributed by atoms with van der Waals surface area (Å²) >= 11 is 5.07. The van der Waals surface area contributed by atoms with Crippen molar-refractivity contribution in [2.75, 3.05) is 0 Å². The number of nitrogens with zero attached hydrogens (tertiary/aromatic N) is 1. The van der Waals surface area contributed by atoms with Gasteiger partial charge in [0.2, 0.25) is 5.78 Å². The second kappa shape index (κ2) is 3.77. The minimum Gasteiger partial charge on any atom is -0.282 e. The number of carbonyl (C=O) groups is 1. The third-order valence-corrected chi connectivity index (χ3v) is 3.24. The lowest BCUT2D eigenvalue weighted by Crippen LogP contribution is -2.07. The molecule has 0 aromatic carbocycles. The summed E-state index contributed by atoms with van der Waals surface area (Å²) in [6.07, 6.45) is -3.78. The lowest BCUT2D eigenvalue weighted by molar-refractivity contribution is -0.115. The van der Waals surface area contributed by atoms with Crippen LogP contribution in [0.4, 0.5) is 13.2 Å². The highest BCUT2D eigenvalue weighted by atomic mass is 35.5. The van der Waals surface area contributed by atoms with Crippen LogP contribution in [-0.4, -0.2) is 12.0 Å². The van der Waals surface area contributed by atoms with Gasteiger partial charge < -0.3 is 0 Å². The smallest absolute Gasteiger partial charge is 0.282 e. The first kappa shape index (κ1) is 13.0. The van der Waals surface area contributed by atoms with Crippen LogP contribution < -0.4 is 0 Å². The maximum absolute atomic E-state index is 12.1. The van der Waals surface area contributed by atoms with Crippen molar-refractivity contribution in [2.45, 2.75) is 20.0 Å². The predicted molar refractivity (Wildman–Crippen MR) is 51.4 cm³/mol. The minimum absolute atomic E-state index is 0.617. The van der Waals surface area contributed by atoms with Gasteiger partial charge in [-0.25, -0.2) is 0 Å². The number of Topliss-reactive ketones (excluding diaryl/α,β-unsaturated/α-hetero) is 1.